The van der Waals surface area contributed by atoms with Gasteiger partial charge in [0.15, 0.2) is 0 Å². The van der Waals surface area contributed by atoms with Crippen LogP contribution < -0.4 is 0 Å². The smallest absolute Gasteiger partial charge is 0.104 e. The fourth-order valence-electron chi connectivity index (χ4n) is 4.02. The number of nitrogens with zero attached hydrogens (tertiary/aromatic N) is 2. The van der Waals surface area contributed by atoms with Gasteiger partial charge in [0.2, 0.25) is 0 Å². The molecule has 3 aromatic rings. The van der Waals surface area contributed by atoms with Crippen molar-refractivity contribution in [2.24, 2.45) is 0 Å². The molecule has 3 heterocycles. The third-order valence-electron chi connectivity index (χ3n) is 5.06. The van der Waals surface area contributed by atoms with E-state index in [1.807, 2.05) is 36.3 Å². The van der Waals surface area contributed by atoms with Gasteiger partial charge in [0.25, 0.3) is 0 Å². The van der Waals surface area contributed by atoms with E-state index >= 15 is 0 Å². The maximum absolute atomic E-state index is 4.68. The minimum absolute atomic E-state index is 0.0284. The van der Waals surface area contributed by atoms with Gasteiger partial charge in [-0.05, 0) is 34.4 Å². The average molecular weight is 316 g/mol. The molecule has 0 spiro atoms. The summed E-state index contributed by atoms with van der Waals surface area (Å²) in [6.45, 7) is 4.63. The Morgan fingerprint density at radius 2 is 1.78 bits per heavy atom. The Hall–Kier alpha value is -2.13. The van der Waals surface area contributed by atoms with Gasteiger partial charge < -0.3 is 0 Å². The number of hydrogen-bond acceptors (Lipinski definition) is 3. The molecule has 3 heteroatoms. The number of aromatic nitrogens is 2. The van der Waals surface area contributed by atoms with Crippen LogP contribution in [0.3, 0.4) is 0 Å². The standard InChI is InChI=1S/C20H16N2S/c1-20(2)15-6-4-9-21-18(15)14-8-7-12-11-23-19-13(5-3-10-22-19)16(12)17(14)20/h3-10H,11H2,1-2H3. The van der Waals surface area contributed by atoms with Crippen molar-refractivity contribution in [3.8, 4) is 22.4 Å². The maximum Gasteiger partial charge on any atom is 0.104 e. The van der Waals surface area contributed by atoms with E-state index in [4.69, 9.17) is 0 Å². The van der Waals surface area contributed by atoms with Crippen molar-refractivity contribution in [3.05, 3.63) is 65.5 Å². The molecule has 0 bridgehead atoms. The predicted octanol–water partition coefficient (Wildman–Crippen LogP) is 5.06. The highest BCUT2D eigenvalue weighted by Crippen LogP contribution is 2.54. The summed E-state index contributed by atoms with van der Waals surface area (Å²) in [6, 6.07) is 13.1. The molecule has 0 saturated heterocycles. The fraction of sp³-hybridized carbons (Fsp3) is 0.200. The lowest BCUT2D eigenvalue weighted by Gasteiger charge is -2.28. The predicted molar refractivity (Wildman–Crippen MR) is 94.6 cm³/mol. The molecule has 23 heavy (non-hydrogen) atoms. The first-order valence-electron chi connectivity index (χ1n) is 7.88. The van der Waals surface area contributed by atoms with Crippen molar-refractivity contribution in [2.75, 3.05) is 0 Å². The third kappa shape index (κ3) is 1.66. The molecule has 2 aromatic heterocycles. The molecular formula is C20H16N2S. The molecule has 2 nitrogen and oxygen atoms in total. The SMILES string of the molecule is CC1(C)c2cccnc2-c2ccc3c(c21)-c1cccnc1SC3. The number of pyridine rings is 2. The van der Waals surface area contributed by atoms with Crippen LogP contribution >= 0.6 is 11.8 Å². The Kier molecular flexibility index (Phi) is 2.58. The molecule has 0 radical (unpaired) electrons. The first kappa shape index (κ1) is 13.3. The summed E-state index contributed by atoms with van der Waals surface area (Å²) in [4.78, 5) is 9.27. The molecular weight excluding hydrogens is 300 g/mol. The van der Waals surface area contributed by atoms with Crippen LogP contribution in [0.5, 0.6) is 0 Å². The molecule has 1 aliphatic carbocycles. The van der Waals surface area contributed by atoms with Gasteiger partial charge >= 0.3 is 0 Å². The van der Waals surface area contributed by atoms with Crippen LogP contribution in [0.1, 0.15) is 30.5 Å². The Morgan fingerprint density at radius 3 is 2.70 bits per heavy atom. The number of thioether (sulfide) groups is 1. The summed E-state index contributed by atoms with van der Waals surface area (Å²) in [5.74, 6) is 0.993. The zero-order valence-corrected chi connectivity index (χ0v) is 13.9. The number of benzene rings is 1. The summed E-state index contributed by atoms with van der Waals surface area (Å²) in [7, 11) is 0. The van der Waals surface area contributed by atoms with Crippen LogP contribution in [0.2, 0.25) is 0 Å². The van der Waals surface area contributed by atoms with Gasteiger partial charge in [-0.1, -0.05) is 38.1 Å². The zero-order chi connectivity index (χ0) is 15.6. The van der Waals surface area contributed by atoms with Crippen LogP contribution in [-0.2, 0) is 11.2 Å². The van der Waals surface area contributed by atoms with Gasteiger partial charge in [-0.15, -0.1) is 11.8 Å². The van der Waals surface area contributed by atoms with Crippen molar-refractivity contribution in [3.63, 3.8) is 0 Å². The monoisotopic (exact) mass is 316 g/mol. The van der Waals surface area contributed by atoms with E-state index < -0.39 is 0 Å². The topological polar surface area (TPSA) is 25.8 Å². The Labute approximate surface area is 140 Å². The lowest BCUT2D eigenvalue weighted by atomic mass is 9.78. The summed E-state index contributed by atoms with van der Waals surface area (Å²) in [6.07, 6.45) is 3.79. The summed E-state index contributed by atoms with van der Waals surface area (Å²) in [5.41, 5.74) is 9.20. The van der Waals surface area contributed by atoms with Gasteiger partial charge in [0, 0.05) is 34.7 Å². The molecule has 0 atom stereocenters. The molecule has 5 rings (SSSR count). The van der Waals surface area contributed by atoms with Crippen molar-refractivity contribution >= 4 is 11.8 Å². The molecule has 0 N–H and O–H groups in total. The lowest BCUT2D eigenvalue weighted by Crippen LogP contribution is -2.18. The van der Waals surface area contributed by atoms with Gasteiger partial charge in [0.05, 0.1) is 5.69 Å². The van der Waals surface area contributed by atoms with E-state index in [2.05, 4.69) is 48.1 Å². The Balaban J connectivity index is 1.91. The van der Waals surface area contributed by atoms with Gasteiger partial charge in [0.1, 0.15) is 5.03 Å². The van der Waals surface area contributed by atoms with E-state index in [0.29, 0.717) is 0 Å². The van der Waals surface area contributed by atoms with Crippen molar-refractivity contribution in [1.29, 1.82) is 0 Å². The Bertz CT molecular complexity index is 960. The molecule has 1 aliphatic heterocycles. The molecule has 0 unspecified atom stereocenters. The molecule has 0 fully saturated rings. The molecule has 112 valence electrons. The van der Waals surface area contributed by atoms with Gasteiger partial charge in [-0.2, -0.15) is 0 Å². The van der Waals surface area contributed by atoms with Gasteiger partial charge in [-0.3, -0.25) is 4.98 Å². The van der Waals surface area contributed by atoms with Crippen molar-refractivity contribution in [2.45, 2.75) is 30.0 Å². The lowest BCUT2D eigenvalue weighted by molar-refractivity contribution is 0.659. The summed E-state index contributed by atoms with van der Waals surface area (Å²) < 4.78 is 0. The van der Waals surface area contributed by atoms with Crippen LogP contribution in [0.4, 0.5) is 0 Å². The Morgan fingerprint density at radius 1 is 0.957 bits per heavy atom. The van der Waals surface area contributed by atoms with Gasteiger partial charge in [-0.25, -0.2) is 4.98 Å². The van der Waals surface area contributed by atoms with E-state index in [-0.39, 0.29) is 5.41 Å². The van der Waals surface area contributed by atoms with Crippen LogP contribution in [0.15, 0.2) is 53.8 Å². The molecule has 0 amide bonds. The minimum atomic E-state index is -0.0284. The van der Waals surface area contributed by atoms with Crippen molar-refractivity contribution < 1.29 is 0 Å². The van der Waals surface area contributed by atoms with E-state index in [1.54, 1.807) is 0 Å². The second-order valence-corrected chi connectivity index (χ2v) is 7.66. The number of hydrogen-bond donors (Lipinski definition) is 0. The highest BCUT2D eigenvalue weighted by Gasteiger charge is 2.40. The van der Waals surface area contributed by atoms with E-state index in [9.17, 15) is 0 Å². The second-order valence-electron chi connectivity index (χ2n) is 6.69. The van der Waals surface area contributed by atoms with E-state index in [1.165, 1.54) is 33.4 Å². The highest BCUT2D eigenvalue weighted by molar-refractivity contribution is 7.98. The first-order chi connectivity index (χ1) is 11.2. The second kappa shape index (κ2) is 4.45. The normalized spacial score (nSPS) is 16.3. The summed E-state index contributed by atoms with van der Waals surface area (Å²) >= 11 is 1.83. The fourth-order valence-corrected chi connectivity index (χ4v) is 5.02. The van der Waals surface area contributed by atoms with Crippen LogP contribution in [-0.4, -0.2) is 9.97 Å². The molecule has 2 aliphatic rings. The largest absolute Gasteiger partial charge is 0.256 e. The highest BCUT2D eigenvalue weighted by atomic mass is 32.2. The number of rotatable bonds is 0. The van der Waals surface area contributed by atoms with Crippen LogP contribution in [0, 0.1) is 0 Å². The summed E-state index contributed by atoms with van der Waals surface area (Å²) in [5, 5.41) is 1.15. The number of fused-ring (bicyclic) bond motifs is 7. The quantitative estimate of drug-likeness (QED) is 0.580. The first-order valence-corrected chi connectivity index (χ1v) is 8.87. The van der Waals surface area contributed by atoms with Crippen molar-refractivity contribution in [1.82, 2.24) is 9.97 Å². The minimum Gasteiger partial charge on any atom is -0.256 e. The average Bonchev–Trinajstić information content (AvgIpc) is 2.83. The zero-order valence-electron chi connectivity index (χ0n) is 13.1. The third-order valence-corrected chi connectivity index (χ3v) is 6.11. The maximum atomic E-state index is 4.68. The van der Waals surface area contributed by atoms with E-state index in [0.717, 1.165) is 16.5 Å². The van der Waals surface area contributed by atoms with Crippen LogP contribution in [0.25, 0.3) is 22.4 Å². The molecule has 1 aromatic carbocycles. The molecule has 0 saturated carbocycles.